The van der Waals surface area contributed by atoms with Crippen LogP contribution >= 0.6 is 0 Å². The lowest BCUT2D eigenvalue weighted by Gasteiger charge is -2.42. The number of rotatable bonds is 5. The van der Waals surface area contributed by atoms with Crippen molar-refractivity contribution < 1.29 is 9.22 Å². The van der Waals surface area contributed by atoms with Crippen molar-refractivity contribution in [2.75, 3.05) is 20.2 Å². The second kappa shape index (κ2) is 4.83. The lowest BCUT2D eigenvalue weighted by atomic mass is 10.2. The zero-order chi connectivity index (χ0) is 9.78. The van der Waals surface area contributed by atoms with Crippen molar-refractivity contribution in [3.63, 3.8) is 0 Å². The number of quaternary nitrogens is 1. The summed E-state index contributed by atoms with van der Waals surface area (Å²) < 4.78 is 6.63. The molecule has 0 aromatic rings. The minimum Gasteiger partial charge on any atom is -0.330 e. The lowest BCUT2D eigenvalue weighted by Crippen LogP contribution is -2.56. The van der Waals surface area contributed by atoms with Gasteiger partial charge in [0, 0.05) is 6.92 Å². The van der Waals surface area contributed by atoms with E-state index in [2.05, 4.69) is 41.7 Å². The molecule has 2 atom stereocenters. The Morgan fingerprint density at radius 1 is 1.17 bits per heavy atom. The van der Waals surface area contributed by atoms with Gasteiger partial charge in [0.15, 0.2) is 6.23 Å². The van der Waals surface area contributed by atoms with Crippen LogP contribution in [0.4, 0.5) is 0 Å². The van der Waals surface area contributed by atoms with Crippen LogP contribution in [0.1, 0.15) is 34.6 Å². The fourth-order valence-electron chi connectivity index (χ4n) is 1.45. The van der Waals surface area contributed by atoms with Crippen molar-refractivity contribution in [3.8, 4) is 0 Å². The minimum atomic E-state index is 0.306. The van der Waals surface area contributed by atoms with Gasteiger partial charge >= 0.3 is 0 Å². The molecule has 0 heterocycles. The largest absolute Gasteiger partial charge is 0.330 e. The van der Waals surface area contributed by atoms with Crippen molar-refractivity contribution in [2.45, 2.75) is 46.9 Å². The third kappa shape index (κ3) is 2.46. The van der Waals surface area contributed by atoms with Crippen LogP contribution in [0.2, 0.25) is 0 Å². The normalized spacial score (nSPS) is 19.2. The van der Waals surface area contributed by atoms with Gasteiger partial charge in [-0.2, -0.15) is 0 Å². The van der Waals surface area contributed by atoms with Crippen LogP contribution in [0.5, 0.6) is 0 Å². The highest BCUT2D eigenvalue weighted by Crippen LogP contribution is 2.16. The van der Waals surface area contributed by atoms with Crippen LogP contribution in [0, 0.1) is 0 Å². The molecule has 0 bridgehead atoms. The highest BCUT2D eigenvalue weighted by molar-refractivity contribution is 4.45. The summed E-state index contributed by atoms with van der Waals surface area (Å²) in [6, 6.07) is 0.622. The molecule has 0 amide bonds. The minimum absolute atomic E-state index is 0.306. The van der Waals surface area contributed by atoms with Gasteiger partial charge in [0.05, 0.1) is 26.2 Å². The SMILES string of the molecule is CCOC(C)[N+](C)(CC)C(C)C. The predicted octanol–water partition coefficient (Wildman–Crippen LogP) is 2.24. The van der Waals surface area contributed by atoms with Crippen molar-refractivity contribution >= 4 is 0 Å². The highest BCUT2D eigenvalue weighted by Gasteiger charge is 2.30. The van der Waals surface area contributed by atoms with Gasteiger partial charge in [0.1, 0.15) is 0 Å². The van der Waals surface area contributed by atoms with Crippen molar-refractivity contribution in [1.82, 2.24) is 0 Å². The van der Waals surface area contributed by atoms with Gasteiger partial charge in [0.25, 0.3) is 0 Å². The second-order valence-corrected chi connectivity index (χ2v) is 3.81. The Balaban J connectivity index is 4.29. The third-order valence-corrected chi connectivity index (χ3v) is 3.10. The zero-order valence-corrected chi connectivity index (χ0v) is 9.42. The molecule has 0 rings (SSSR count). The first kappa shape index (κ1) is 11.9. The van der Waals surface area contributed by atoms with Crippen LogP contribution in [0.15, 0.2) is 0 Å². The van der Waals surface area contributed by atoms with Gasteiger partial charge in [-0.1, -0.05) is 0 Å². The third-order valence-electron chi connectivity index (χ3n) is 3.10. The Kier molecular flexibility index (Phi) is 4.80. The summed E-state index contributed by atoms with van der Waals surface area (Å²) in [5, 5.41) is 0. The van der Waals surface area contributed by atoms with E-state index >= 15 is 0 Å². The molecule has 0 aromatic heterocycles. The average molecular weight is 174 g/mol. The molecule has 0 saturated carbocycles. The predicted molar refractivity (Wildman–Crippen MR) is 52.9 cm³/mol. The molecule has 2 nitrogen and oxygen atoms in total. The standard InChI is InChI=1S/C10H24NO/c1-7-11(6,9(3)4)10(5)12-8-2/h9-10H,7-8H2,1-6H3/q+1. The molecule has 0 radical (unpaired) electrons. The molecule has 0 spiro atoms. The molecule has 0 saturated heterocycles. The van der Waals surface area contributed by atoms with Gasteiger partial charge in [-0.3, -0.25) is 4.48 Å². The van der Waals surface area contributed by atoms with E-state index < -0.39 is 0 Å². The van der Waals surface area contributed by atoms with Crippen molar-refractivity contribution in [3.05, 3.63) is 0 Å². The summed E-state index contributed by atoms with van der Waals surface area (Å²) in [6.45, 7) is 12.9. The molecule has 74 valence electrons. The van der Waals surface area contributed by atoms with Crippen LogP contribution in [-0.2, 0) is 4.74 Å². The zero-order valence-electron chi connectivity index (χ0n) is 9.42. The molecular weight excluding hydrogens is 150 g/mol. The maximum Gasteiger partial charge on any atom is 0.190 e. The molecule has 0 aromatic carbocycles. The Labute approximate surface area is 77.1 Å². The lowest BCUT2D eigenvalue weighted by molar-refractivity contribution is -0.969. The smallest absolute Gasteiger partial charge is 0.190 e. The molecule has 0 aliphatic rings. The van der Waals surface area contributed by atoms with Crippen LogP contribution in [-0.4, -0.2) is 37.0 Å². The number of hydrogen-bond acceptors (Lipinski definition) is 1. The first-order chi connectivity index (χ1) is 5.49. The van der Waals surface area contributed by atoms with Gasteiger partial charge in [0.2, 0.25) is 0 Å². The van der Waals surface area contributed by atoms with Gasteiger partial charge < -0.3 is 4.74 Å². The van der Waals surface area contributed by atoms with E-state index in [9.17, 15) is 0 Å². The summed E-state index contributed by atoms with van der Waals surface area (Å²) in [6.07, 6.45) is 0.306. The molecule has 2 unspecified atom stereocenters. The molecule has 0 N–H and O–H groups in total. The topological polar surface area (TPSA) is 9.23 Å². The maximum atomic E-state index is 5.63. The Hall–Kier alpha value is -0.0800. The average Bonchev–Trinajstić information content (AvgIpc) is 2.03. The fourth-order valence-corrected chi connectivity index (χ4v) is 1.45. The maximum absolute atomic E-state index is 5.63. The molecule has 0 aliphatic heterocycles. The highest BCUT2D eigenvalue weighted by atomic mass is 16.5. The summed E-state index contributed by atoms with van der Waals surface area (Å²) in [7, 11) is 2.25. The number of hydrogen-bond donors (Lipinski definition) is 0. The Bertz CT molecular complexity index is 125. The van der Waals surface area contributed by atoms with Crippen molar-refractivity contribution in [1.29, 1.82) is 0 Å². The number of nitrogens with zero attached hydrogens (tertiary/aromatic N) is 1. The van der Waals surface area contributed by atoms with E-state index in [-0.39, 0.29) is 0 Å². The van der Waals surface area contributed by atoms with Crippen LogP contribution < -0.4 is 0 Å². The molecule has 2 heteroatoms. The molecule has 0 aliphatic carbocycles. The second-order valence-electron chi connectivity index (χ2n) is 3.81. The van der Waals surface area contributed by atoms with E-state index in [1.165, 1.54) is 0 Å². The number of ether oxygens (including phenoxy) is 1. The Morgan fingerprint density at radius 3 is 1.92 bits per heavy atom. The van der Waals surface area contributed by atoms with E-state index in [1.54, 1.807) is 0 Å². The summed E-state index contributed by atoms with van der Waals surface area (Å²) in [5.41, 5.74) is 0. The van der Waals surface area contributed by atoms with Gasteiger partial charge in [-0.05, 0) is 27.7 Å². The van der Waals surface area contributed by atoms with Crippen LogP contribution in [0.3, 0.4) is 0 Å². The van der Waals surface area contributed by atoms with Gasteiger partial charge in [-0.25, -0.2) is 0 Å². The van der Waals surface area contributed by atoms with Crippen molar-refractivity contribution in [2.24, 2.45) is 0 Å². The van der Waals surface area contributed by atoms with Crippen LogP contribution in [0.25, 0.3) is 0 Å². The molecular formula is C10H24NO+. The summed E-state index contributed by atoms with van der Waals surface area (Å²) in [4.78, 5) is 0. The fraction of sp³-hybridized carbons (Fsp3) is 1.00. The summed E-state index contributed by atoms with van der Waals surface area (Å²) in [5.74, 6) is 0. The summed E-state index contributed by atoms with van der Waals surface area (Å²) >= 11 is 0. The van der Waals surface area contributed by atoms with E-state index in [0.29, 0.717) is 12.3 Å². The first-order valence-electron chi connectivity index (χ1n) is 4.95. The van der Waals surface area contributed by atoms with Gasteiger partial charge in [-0.15, -0.1) is 0 Å². The first-order valence-corrected chi connectivity index (χ1v) is 4.95. The quantitative estimate of drug-likeness (QED) is 0.459. The Morgan fingerprint density at radius 2 is 1.67 bits per heavy atom. The molecule has 0 fully saturated rings. The molecule has 12 heavy (non-hydrogen) atoms. The van der Waals surface area contributed by atoms with E-state index in [1.807, 2.05) is 0 Å². The van der Waals surface area contributed by atoms with E-state index in [0.717, 1.165) is 17.6 Å². The van der Waals surface area contributed by atoms with E-state index in [4.69, 9.17) is 4.74 Å². The monoisotopic (exact) mass is 174 g/mol.